The SMILES string of the molecule is Cc1nc(-c2cccc(-n3ncc4cc([S@@](=O)C5CCC5)cnc43)c2)n[nH]1. The summed E-state index contributed by atoms with van der Waals surface area (Å²) in [6, 6.07) is 9.81. The van der Waals surface area contributed by atoms with Gasteiger partial charge in [0.15, 0.2) is 11.5 Å². The maximum Gasteiger partial charge on any atom is 0.181 e. The van der Waals surface area contributed by atoms with E-state index in [0.29, 0.717) is 5.82 Å². The summed E-state index contributed by atoms with van der Waals surface area (Å²) in [6.07, 6.45) is 6.74. The molecular formula is C19H18N6OS. The largest absolute Gasteiger partial charge is 0.263 e. The quantitative estimate of drug-likeness (QED) is 0.589. The van der Waals surface area contributed by atoms with Gasteiger partial charge >= 0.3 is 0 Å². The third-order valence-electron chi connectivity index (χ3n) is 4.92. The van der Waals surface area contributed by atoms with Gasteiger partial charge in [-0.25, -0.2) is 14.6 Å². The zero-order chi connectivity index (χ0) is 18.4. The molecule has 0 aliphatic heterocycles. The molecule has 1 N–H and O–H groups in total. The molecule has 8 heteroatoms. The van der Waals surface area contributed by atoms with Crippen LogP contribution in [0.5, 0.6) is 0 Å². The van der Waals surface area contributed by atoms with Crippen LogP contribution in [-0.4, -0.2) is 39.4 Å². The van der Waals surface area contributed by atoms with E-state index in [0.717, 1.165) is 45.8 Å². The molecule has 1 aromatic carbocycles. The molecular weight excluding hydrogens is 360 g/mol. The van der Waals surface area contributed by atoms with Crippen molar-refractivity contribution in [1.82, 2.24) is 29.9 Å². The molecule has 0 spiro atoms. The molecule has 3 aromatic heterocycles. The van der Waals surface area contributed by atoms with Crippen LogP contribution < -0.4 is 0 Å². The third kappa shape index (κ3) is 2.86. The number of benzene rings is 1. The van der Waals surface area contributed by atoms with E-state index in [4.69, 9.17) is 0 Å². The van der Waals surface area contributed by atoms with Crippen LogP contribution in [0.4, 0.5) is 0 Å². The smallest absolute Gasteiger partial charge is 0.181 e. The van der Waals surface area contributed by atoms with Crippen LogP contribution in [0.1, 0.15) is 25.1 Å². The summed E-state index contributed by atoms with van der Waals surface area (Å²) in [5.41, 5.74) is 2.53. The molecule has 5 rings (SSSR count). The Morgan fingerprint density at radius 2 is 2.11 bits per heavy atom. The summed E-state index contributed by atoms with van der Waals surface area (Å²) in [7, 11) is -0.978. The van der Waals surface area contributed by atoms with E-state index in [1.807, 2.05) is 37.3 Å². The first-order chi connectivity index (χ1) is 13.2. The Hall–Kier alpha value is -2.87. The molecule has 1 saturated carbocycles. The highest BCUT2D eigenvalue weighted by molar-refractivity contribution is 7.85. The number of fused-ring (bicyclic) bond motifs is 1. The van der Waals surface area contributed by atoms with Crippen molar-refractivity contribution in [3.8, 4) is 17.1 Å². The Kier molecular flexibility index (Phi) is 3.86. The zero-order valence-electron chi connectivity index (χ0n) is 14.8. The molecule has 27 heavy (non-hydrogen) atoms. The predicted molar refractivity (Wildman–Crippen MR) is 103 cm³/mol. The normalized spacial score (nSPS) is 15.7. The highest BCUT2D eigenvalue weighted by Crippen LogP contribution is 2.29. The summed E-state index contributed by atoms with van der Waals surface area (Å²) in [5.74, 6) is 1.42. The van der Waals surface area contributed by atoms with Crippen LogP contribution in [0, 0.1) is 6.92 Å². The molecule has 0 radical (unpaired) electrons. The van der Waals surface area contributed by atoms with Crippen LogP contribution in [0.3, 0.4) is 0 Å². The molecule has 0 amide bonds. The minimum atomic E-state index is -0.978. The number of nitrogens with zero attached hydrogens (tertiary/aromatic N) is 5. The summed E-state index contributed by atoms with van der Waals surface area (Å²) in [5, 5.41) is 12.7. The summed E-state index contributed by atoms with van der Waals surface area (Å²) >= 11 is 0. The standard InChI is InChI=1S/C19H18N6OS/c1-12-22-18(24-23-12)13-4-2-5-15(8-13)25-19-14(10-21-25)9-17(11-20-19)27(26)16-6-3-7-16/h2,4-5,8-11,16H,3,6-7H2,1H3,(H,22,23,24)/t27-/m0/s1. The average Bonchev–Trinajstić information content (AvgIpc) is 3.26. The van der Waals surface area contributed by atoms with Crippen molar-refractivity contribution in [2.75, 3.05) is 0 Å². The monoisotopic (exact) mass is 378 g/mol. The molecule has 1 fully saturated rings. The zero-order valence-corrected chi connectivity index (χ0v) is 15.6. The van der Waals surface area contributed by atoms with Gasteiger partial charge in [0.1, 0.15) is 5.82 Å². The molecule has 0 saturated heterocycles. The molecule has 1 aliphatic rings. The molecule has 1 atom stereocenters. The average molecular weight is 378 g/mol. The number of nitrogens with one attached hydrogen (secondary N) is 1. The molecule has 0 unspecified atom stereocenters. The fourth-order valence-electron chi connectivity index (χ4n) is 3.23. The molecule has 3 heterocycles. The van der Waals surface area contributed by atoms with Gasteiger partial charge in [-0.05, 0) is 38.0 Å². The van der Waals surface area contributed by atoms with Crippen molar-refractivity contribution in [2.24, 2.45) is 0 Å². The Labute approximate surface area is 158 Å². The second-order valence-electron chi connectivity index (χ2n) is 6.79. The molecule has 4 aromatic rings. The number of pyridine rings is 1. The summed E-state index contributed by atoms with van der Waals surface area (Å²) in [6.45, 7) is 1.87. The van der Waals surface area contributed by atoms with E-state index in [2.05, 4.69) is 25.3 Å². The maximum absolute atomic E-state index is 12.6. The van der Waals surface area contributed by atoms with Crippen LogP contribution >= 0.6 is 0 Å². The lowest BCUT2D eigenvalue weighted by molar-refractivity contribution is 0.505. The van der Waals surface area contributed by atoms with E-state index in [-0.39, 0.29) is 5.25 Å². The second-order valence-corrected chi connectivity index (χ2v) is 8.52. The van der Waals surface area contributed by atoms with Gasteiger partial charge in [0.05, 0.1) is 27.6 Å². The van der Waals surface area contributed by atoms with Crippen LogP contribution in [0.15, 0.2) is 47.6 Å². The van der Waals surface area contributed by atoms with Gasteiger partial charge < -0.3 is 0 Å². The minimum absolute atomic E-state index is 0.279. The Morgan fingerprint density at radius 3 is 2.85 bits per heavy atom. The second kappa shape index (κ2) is 6.38. The predicted octanol–water partition coefficient (Wildman–Crippen LogP) is 3.17. The van der Waals surface area contributed by atoms with E-state index in [1.165, 1.54) is 6.42 Å². The van der Waals surface area contributed by atoms with Gasteiger partial charge in [0.25, 0.3) is 0 Å². The van der Waals surface area contributed by atoms with Crippen molar-refractivity contribution in [1.29, 1.82) is 0 Å². The molecule has 0 bridgehead atoms. The highest BCUT2D eigenvalue weighted by atomic mass is 32.2. The topological polar surface area (TPSA) is 89.3 Å². The number of rotatable bonds is 4. The van der Waals surface area contributed by atoms with E-state index in [9.17, 15) is 4.21 Å². The van der Waals surface area contributed by atoms with E-state index >= 15 is 0 Å². The summed E-state index contributed by atoms with van der Waals surface area (Å²) in [4.78, 5) is 9.73. The van der Waals surface area contributed by atoms with Crippen LogP contribution in [0.25, 0.3) is 28.1 Å². The molecule has 7 nitrogen and oxygen atoms in total. The Morgan fingerprint density at radius 1 is 1.22 bits per heavy atom. The van der Waals surface area contributed by atoms with Crippen molar-refractivity contribution < 1.29 is 4.21 Å². The van der Waals surface area contributed by atoms with Crippen LogP contribution in [-0.2, 0) is 10.8 Å². The van der Waals surface area contributed by atoms with Crippen molar-refractivity contribution >= 4 is 21.8 Å². The van der Waals surface area contributed by atoms with Gasteiger partial charge in [-0.15, -0.1) is 0 Å². The van der Waals surface area contributed by atoms with E-state index in [1.54, 1.807) is 17.1 Å². The number of aryl methyl sites for hydroxylation is 1. The van der Waals surface area contributed by atoms with Gasteiger partial charge in [-0.1, -0.05) is 18.6 Å². The lowest BCUT2D eigenvalue weighted by Crippen LogP contribution is -2.23. The fourth-order valence-corrected chi connectivity index (χ4v) is 4.77. The first kappa shape index (κ1) is 16.3. The number of hydrogen-bond donors (Lipinski definition) is 1. The number of H-pyrrole nitrogens is 1. The Bertz CT molecular complexity index is 1160. The third-order valence-corrected chi connectivity index (χ3v) is 6.68. The summed E-state index contributed by atoms with van der Waals surface area (Å²) < 4.78 is 14.4. The highest BCUT2D eigenvalue weighted by Gasteiger charge is 2.25. The fraction of sp³-hybridized carbons (Fsp3) is 0.263. The van der Waals surface area contributed by atoms with Crippen molar-refractivity contribution in [3.05, 3.63) is 48.5 Å². The van der Waals surface area contributed by atoms with Crippen molar-refractivity contribution in [2.45, 2.75) is 36.3 Å². The first-order valence-corrected chi connectivity index (χ1v) is 10.1. The van der Waals surface area contributed by atoms with Gasteiger partial charge in [-0.2, -0.15) is 10.2 Å². The lowest BCUT2D eigenvalue weighted by atomic mass is 10.0. The van der Waals surface area contributed by atoms with Gasteiger partial charge in [-0.3, -0.25) is 9.31 Å². The first-order valence-electron chi connectivity index (χ1n) is 8.93. The van der Waals surface area contributed by atoms with Gasteiger partial charge in [0, 0.05) is 22.4 Å². The maximum atomic E-state index is 12.6. The molecule has 136 valence electrons. The lowest BCUT2D eigenvalue weighted by Gasteiger charge is -2.24. The number of aromatic amines is 1. The Balaban J connectivity index is 1.53. The van der Waals surface area contributed by atoms with Crippen LogP contribution in [0.2, 0.25) is 0 Å². The minimum Gasteiger partial charge on any atom is -0.263 e. The van der Waals surface area contributed by atoms with E-state index < -0.39 is 10.8 Å². The number of hydrogen-bond acceptors (Lipinski definition) is 5. The van der Waals surface area contributed by atoms with Crippen molar-refractivity contribution in [3.63, 3.8) is 0 Å². The molecule has 1 aliphatic carbocycles. The number of aromatic nitrogens is 6. The van der Waals surface area contributed by atoms with Gasteiger partial charge in [0.2, 0.25) is 0 Å².